The lowest BCUT2D eigenvalue weighted by atomic mass is 9.80. The minimum Gasteiger partial charge on any atom is -0.388 e. The number of benzene rings is 1. The maximum Gasteiger partial charge on any atom is 0.246 e. The zero-order chi connectivity index (χ0) is 17.2. The zero-order valence-corrected chi connectivity index (χ0v) is 14.8. The second-order valence-corrected chi connectivity index (χ2v) is 7.69. The van der Waals surface area contributed by atoms with Gasteiger partial charge >= 0.3 is 0 Å². The Labute approximate surface area is 147 Å². The van der Waals surface area contributed by atoms with E-state index in [4.69, 9.17) is 0 Å². The molecule has 0 aliphatic heterocycles. The molecule has 1 unspecified atom stereocenters. The lowest BCUT2D eigenvalue weighted by molar-refractivity contribution is -0.130. The number of nitrogens with zero attached hydrogens (tertiary/aromatic N) is 1. The lowest BCUT2D eigenvalue weighted by Crippen LogP contribution is -2.48. The number of fused-ring (bicyclic) bond motifs is 1. The molecule has 1 heterocycles. The number of rotatable bonds is 5. The van der Waals surface area contributed by atoms with Gasteiger partial charge in [-0.2, -0.15) is 0 Å². The fraction of sp³-hybridized carbons (Fsp3) is 0.350. The summed E-state index contributed by atoms with van der Waals surface area (Å²) in [4.78, 5) is 15.2. The van der Waals surface area contributed by atoms with E-state index in [-0.39, 0.29) is 5.91 Å². The van der Waals surface area contributed by atoms with Gasteiger partial charge in [0.15, 0.2) is 0 Å². The van der Waals surface area contributed by atoms with Crippen molar-refractivity contribution < 1.29 is 9.90 Å². The van der Waals surface area contributed by atoms with Gasteiger partial charge in [0.1, 0.15) is 0 Å². The molecule has 0 radical (unpaired) electrons. The summed E-state index contributed by atoms with van der Waals surface area (Å²) in [6, 6.07) is 10.3. The van der Waals surface area contributed by atoms with Crippen LogP contribution in [-0.2, 0) is 24.2 Å². The van der Waals surface area contributed by atoms with E-state index in [9.17, 15) is 9.90 Å². The van der Waals surface area contributed by atoms with E-state index < -0.39 is 5.60 Å². The highest BCUT2D eigenvalue weighted by Crippen LogP contribution is 2.30. The summed E-state index contributed by atoms with van der Waals surface area (Å²) in [7, 11) is 0. The van der Waals surface area contributed by atoms with Crippen LogP contribution in [0.2, 0.25) is 0 Å². The molecular formula is C20H23NO2S. The van der Waals surface area contributed by atoms with Crippen molar-refractivity contribution in [2.24, 2.45) is 0 Å². The molecule has 1 N–H and O–H groups in total. The van der Waals surface area contributed by atoms with E-state index >= 15 is 0 Å². The Hall–Kier alpha value is -1.91. The largest absolute Gasteiger partial charge is 0.388 e. The third-order valence-electron chi connectivity index (χ3n) is 4.80. The van der Waals surface area contributed by atoms with Crippen molar-refractivity contribution in [2.75, 3.05) is 6.54 Å². The number of hydrogen-bond acceptors (Lipinski definition) is 3. The van der Waals surface area contributed by atoms with E-state index in [1.165, 1.54) is 22.1 Å². The Morgan fingerprint density at radius 1 is 1.38 bits per heavy atom. The van der Waals surface area contributed by atoms with Gasteiger partial charge in [0.05, 0.1) is 12.1 Å². The van der Waals surface area contributed by atoms with Crippen molar-refractivity contribution in [3.05, 3.63) is 69.9 Å². The number of carbonyl (C=O) groups excluding carboxylic acids is 1. The van der Waals surface area contributed by atoms with Gasteiger partial charge in [-0.1, -0.05) is 30.8 Å². The molecule has 1 aliphatic carbocycles. The standard InChI is InChI=1S/C20H23NO2S/c1-3-19(22)21(13-18-9-11-24-15(18)2)14-20(23)10-8-16-6-4-5-7-17(16)12-20/h3-7,9,11,23H,1,8,10,12-14H2,2H3. The topological polar surface area (TPSA) is 40.5 Å². The first-order valence-corrected chi connectivity index (χ1v) is 9.12. The molecular weight excluding hydrogens is 318 g/mol. The van der Waals surface area contributed by atoms with Crippen LogP contribution in [0.3, 0.4) is 0 Å². The van der Waals surface area contributed by atoms with Gasteiger partial charge in [-0.3, -0.25) is 4.79 Å². The molecule has 0 saturated heterocycles. The number of aliphatic hydroxyl groups is 1. The predicted octanol–water partition coefficient (Wildman–Crippen LogP) is 3.49. The van der Waals surface area contributed by atoms with Crippen LogP contribution in [0.1, 0.15) is 28.0 Å². The monoisotopic (exact) mass is 341 g/mol. The zero-order valence-electron chi connectivity index (χ0n) is 14.0. The molecule has 1 aromatic heterocycles. The third kappa shape index (κ3) is 3.60. The second-order valence-electron chi connectivity index (χ2n) is 6.57. The Morgan fingerprint density at radius 2 is 2.12 bits per heavy atom. The lowest BCUT2D eigenvalue weighted by Gasteiger charge is -2.37. The molecule has 4 heteroatoms. The predicted molar refractivity (Wildman–Crippen MR) is 98.1 cm³/mol. The van der Waals surface area contributed by atoms with Crippen LogP contribution < -0.4 is 0 Å². The second kappa shape index (κ2) is 6.91. The van der Waals surface area contributed by atoms with Crippen molar-refractivity contribution in [1.29, 1.82) is 0 Å². The number of carbonyl (C=O) groups is 1. The molecule has 0 fully saturated rings. The quantitative estimate of drug-likeness (QED) is 0.846. The molecule has 2 aromatic rings. The van der Waals surface area contributed by atoms with Gasteiger partial charge in [-0.15, -0.1) is 11.3 Å². The van der Waals surface area contributed by atoms with Crippen LogP contribution in [0.4, 0.5) is 0 Å². The van der Waals surface area contributed by atoms with Crippen LogP contribution in [0.15, 0.2) is 48.4 Å². The van der Waals surface area contributed by atoms with E-state index in [0.717, 1.165) is 12.0 Å². The average molecular weight is 341 g/mol. The first kappa shape index (κ1) is 16.9. The fourth-order valence-electron chi connectivity index (χ4n) is 3.40. The normalized spacial score (nSPS) is 19.6. The molecule has 0 bridgehead atoms. The van der Waals surface area contributed by atoms with Gasteiger partial charge in [0.25, 0.3) is 0 Å². The van der Waals surface area contributed by atoms with Crippen LogP contribution >= 0.6 is 11.3 Å². The van der Waals surface area contributed by atoms with E-state index in [1.54, 1.807) is 16.2 Å². The summed E-state index contributed by atoms with van der Waals surface area (Å²) < 4.78 is 0. The van der Waals surface area contributed by atoms with Gasteiger partial charge in [-0.25, -0.2) is 0 Å². The maximum absolute atomic E-state index is 12.3. The molecule has 24 heavy (non-hydrogen) atoms. The highest BCUT2D eigenvalue weighted by molar-refractivity contribution is 7.10. The Morgan fingerprint density at radius 3 is 2.79 bits per heavy atom. The Balaban J connectivity index is 1.78. The summed E-state index contributed by atoms with van der Waals surface area (Å²) in [5, 5.41) is 13.1. The van der Waals surface area contributed by atoms with E-state index in [0.29, 0.717) is 25.9 Å². The number of thiophene rings is 1. The number of aryl methyl sites for hydroxylation is 2. The van der Waals surface area contributed by atoms with Crippen molar-refractivity contribution in [2.45, 2.75) is 38.3 Å². The van der Waals surface area contributed by atoms with E-state index in [2.05, 4.69) is 25.6 Å². The minimum absolute atomic E-state index is 0.132. The van der Waals surface area contributed by atoms with Gasteiger partial charge in [-0.05, 0) is 54.0 Å². The highest BCUT2D eigenvalue weighted by Gasteiger charge is 2.35. The average Bonchev–Trinajstić information content (AvgIpc) is 2.98. The molecule has 0 saturated carbocycles. The SMILES string of the molecule is C=CC(=O)N(Cc1ccsc1C)CC1(O)CCc2ccccc2C1. The Bertz CT molecular complexity index is 752. The van der Waals surface area contributed by atoms with Crippen LogP contribution in [0.5, 0.6) is 0 Å². The number of amides is 1. The third-order valence-corrected chi connectivity index (χ3v) is 5.68. The van der Waals surface area contributed by atoms with Crippen LogP contribution in [0.25, 0.3) is 0 Å². The molecule has 1 aliphatic rings. The number of hydrogen-bond donors (Lipinski definition) is 1. The van der Waals surface area contributed by atoms with Gasteiger partial charge < -0.3 is 10.0 Å². The molecule has 1 atom stereocenters. The van der Waals surface area contributed by atoms with Crippen molar-refractivity contribution >= 4 is 17.2 Å². The van der Waals surface area contributed by atoms with Gasteiger partial charge in [0.2, 0.25) is 5.91 Å². The van der Waals surface area contributed by atoms with Crippen LogP contribution in [0, 0.1) is 6.92 Å². The molecule has 0 spiro atoms. The summed E-state index contributed by atoms with van der Waals surface area (Å²) in [6.07, 6.45) is 3.45. The van der Waals surface area contributed by atoms with Gasteiger partial charge in [0, 0.05) is 17.8 Å². The van der Waals surface area contributed by atoms with Crippen molar-refractivity contribution in [1.82, 2.24) is 4.90 Å². The van der Waals surface area contributed by atoms with Crippen LogP contribution in [-0.4, -0.2) is 28.1 Å². The maximum atomic E-state index is 12.3. The summed E-state index contributed by atoms with van der Waals surface area (Å²) >= 11 is 1.68. The summed E-state index contributed by atoms with van der Waals surface area (Å²) in [6.45, 7) is 6.53. The molecule has 1 aromatic carbocycles. The summed E-state index contributed by atoms with van der Waals surface area (Å²) in [5.41, 5.74) is 2.74. The van der Waals surface area contributed by atoms with Crippen molar-refractivity contribution in [3.63, 3.8) is 0 Å². The minimum atomic E-state index is -0.878. The molecule has 3 nitrogen and oxygen atoms in total. The van der Waals surface area contributed by atoms with Crippen molar-refractivity contribution in [3.8, 4) is 0 Å². The molecule has 3 rings (SSSR count). The fourth-order valence-corrected chi connectivity index (χ4v) is 4.12. The summed E-state index contributed by atoms with van der Waals surface area (Å²) in [5.74, 6) is -0.132. The Kier molecular flexibility index (Phi) is 4.88. The first-order valence-electron chi connectivity index (χ1n) is 8.24. The molecule has 126 valence electrons. The van der Waals surface area contributed by atoms with E-state index in [1.807, 2.05) is 23.6 Å². The highest BCUT2D eigenvalue weighted by atomic mass is 32.1. The first-order chi connectivity index (χ1) is 11.5. The molecule has 1 amide bonds. The smallest absolute Gasteiger partial charge is 0.246 e.